The van der Waals surface area contributed by atoms with Crippen molar-refractivity contribution in [3.8, 4) is 5.75 Å². The number of amides is 2. The van der Waals surface area contributed by atoms with Crippen LogP contribution in [-0.2, 0) is 25.3 Å². The third-order valence-corrected chi connectivity index (χ3v) is 4.81. The summed E-state index contributed by atoms with van der Waals surface area (Å²) in [6, 6.07) is 11.7. The van der Waals surface area contributed by atoms with Gasteiger partial charge in [0.1, 0.15) is 11.8 Å². The predicted molar refractivity (Wildman–Crippen MR) is 118 cm³/mol. The molecule has 11 heteroatoms. The number of para-hydroxylation sites is 1. The van der Waals surface area contributed by atoms with Gasteiger partial charge in [-0.3, -0.25) is 9.59 Å². The van der Waals surface area contributed by atoms with Gasteiger partial charge in [-0.15, -0.1) is 0 Å². The minimum absolute atomic E-state index is 0.0869. The van der Waals surface area contributed by atoms with E-state index in [-0.39, 0.29) is 18.7 Å². The maximum atomic E-state index is 12.8. The number of hydrogen-bond donors (Lipinski definition) is 2. The molecule has 2 aromatic rings. The van der Waals surface area contributed by atoms with Gasteiger partial charge in [-0.05, 0) is 48.8 Å². The first-order chi connectivity index (χ1) is 15.7. The van der Waals surface area contributed by atoms with E-state index in [0.29, 0.717) is 11.5 Å². The van der Waals surface area contributed by atoms with Gasteiger partial charge in [0, 0.05) is 5.69 Å². The first-order valence-electron chi connectivity index (χ1n) is 9.79. The minimum atomic E-state index is -4.56. The van der Waals surface area contributed by atoms with Crippen molar-refractivity contribution in [2.45, 2.75) is 18.6 Å². The van der Waals surface area contributed by atoms with Gasteiger partial charge in [0.05, 0.1) is 5.56 Å². The average Bonchev–Trinajstić information content (AvgIpc) is 2.79. The number of benzene rings is 2. The van der Waals surface area contributed by atoms with Crippen LogP contribution < -0.4 is 15.4 Å². The molecule has 2 aromatic carbocycles. The lowest BCUT2D eigenvalue weighted by Crippen LogP contribution is -2.44. The van der Waals surface area contributed by atoms with Crippen molar-refractivity contribution >= 4 is 35.2 Å². The highest BCUT2D eigenvalue weighted by Crippen LogP contribution is 2.30. The van der Waals surface area contributed by atoms with Gasteiger partial charge in [0.25, 0.3) is 11.8 Å². The van der Waals surface area contributed by atoms with E-state index in [9.17, 15) is 27.6 Å². The zero-order valence-corrected chi connectivity index (χ0v) is 18.5. The van der Waals surface area contributed by atoms with Crippen LogP contribution in [0.25, 0.3) is 0 Å². The van der Waals surface area contributed by atoms with Crippen molar-refractivity contribution in [3.63, 3.8) is 0 Å². The molecule has 0 aliphatic carbocycles. The maximum Gasteiger partial charge on any atom is 0.416 e. The molecule has 2 amide bonds. The molecule has 0 aliphatic heterocycles. The molecule has 1 atom stereocenters. The van der Waals surface area contributed by atoms with Crippen LogP contribution in [0.15, 0.2) is 54.6 Å². The number of anilines is 1. The summed E-state index contributed by atoms with van der Waals surface area (Å²) < 4.78 is 48.6. The summed E-state index contributed by atoms with van der Waals surface area (Å²) in [5.74, 6) is -1.17. The smallest absolute Gasteiger partial charge is 0.416 e. The number of halogens is 3. The Kier molecular flexibility index (Phi) is 10.0. The third kappa shape index (κ3) is 9.44. The topological polar surface area (TPSA) is 93.7 Å². The van der Waals surface area contributed by atoms with Crippen LogP contribution in [0.3, 0.4) is 0 Å². The summed E-state index contributed by atoms with van der Waals surface area (Å²) in [6.07, 6.45) is -2.47. The Labute approximate surface area is 193 Å². The maximum absolute atomic E-state index is 12.8. The van der Waals surface area contributed by atoms with E-state index in [1.54, 1.807) is 30.3 Å². The molecule has 0 aliphatic rings. The Bertz CT molecular complexity index is 941. The monoisotopic (exact) mass is 484 g/mol. The lowest BCUT2D eigenvalue weighted by Gasteiger charge is -2.17. The molecule has 0 radical (unpaired) electrons. The molecule has 0 bridgehead atoms. The van der Waals surface area contributed by atoms with Gasteiger partial charge in [0.2, 0.25) is 0 Å². The second-order valence-electron chi connectivity index (χ2n) is 6.74. The molecule has 2 rings (SSSR count). The summed E-state index contributed by atoms with van der Waals surface area (Å²) in [4.78, 5) is 36.6. The van der Waals surface area contributed by atoms with E-state index >= 15 is 0 Å². The second-order valence-corrected chi connectivity index (χ2v) is 7.72. The zero-order valence-electron chi connectivity index (χ0n) is 17.7. The summed E-state index contributed by atoms with van der Waals surface area (Å²) in [5.41, 5.74) is -1.01. The standard InChI is InChI=1S/C22H23F3N2O5S/c1-33-11-10-18(27-20(29)13-31-17-8-3-2-4-9-17)21(30)32-14-19(28)26-16-7-5-6-15(12-16)22(23,24)25/h2-9,12,18H,10-11,13-14H2,1H3,(H,26,28)(H,27,29). The highest BCUT2D eigenvalue weighted by molar-refractivity contribution is 7.98. The molecule has 0 saturated carbocycles. The number of alkyl halides is 3. The number of thioether (sulfide) groups is 1. The van der Waals surface area contributed by atoms with Crippen molar-refractivity contribution < 1.29 is 37.0 Å². The van der Waals surface area contributed by atoms with E-state index in [0.717, 1.165) is 18.2 Å². The largest absolute Gasteiger partial charge is 0.484 e. The molecule has 0 aromatic heterocycles. The minimum Gasteiger partial charge on any atom is -0.484 e. The fourth-order valence-electron chi connectivity index (χ4n) is 2.59. The SMILES string of the molecule is CSCCC(NC(=O)COc1ccccc1)C(=O)OCC(=O)Nc1cccc(C(F)(F)F)c1. The molecular formula is C22H23F3N2O5S. The highest BCUT2D eigenvalue weighted by Gasteiger charge is 2.30. The predicted octanol–water partition coefficient (Wildman–Crippen LogP) is 3.50. The molecule has 0 fully saturated rings. The summed E-state index contributed by atoms with van der Waals surface area (Å²) in [7, 11) is 0. The van der Waals surface area contributed by atoms with Crippen molar-refractivity contribution in [2.24, 2.45) is 0 Å². The van der Waals surface area contributed by atoms with Crippen molar-refractivity contribution in [3.05, 3.63) is 60.2 Å². The number of carbonyl (C=O) groups is 3. The van der Waals surface area contributed by atoms with Crippen molar-refractivity contribution in [1.82, 2.24) is 5.32 Å². The van der Waals surface area contributed by atoms with E-state index in [2.05, 4.69) is 10.6 Å². The average molecular weight is 484 g/mol. The van der Waals surface area contributed by atoms with Crippen LogP contribution in [0.5, 0.6) is 5.75 Å². The normalized spacial score (nSPS) is 11.9. The van der Waals surface area contributed by atoms with Crippen molar-refractivity contribution in [1.29, 1.82) is 0 Å². The zero-order chi connectivity index (χ0) is 24.3. The first kappa shape index (κ1) is 26.0. The second kappa shape index (κ2) is 12.7. The summed E-state index contributed by atoms with van der Waals surface area (Å²) >= 11 is 1.45. The molecular weight excluding hydrogens is 461 g/mol. The Morgan fingerprint density at radius 3 is 2.39 bits per heavy atom. The Morgan fingerprint density at radius 1 is 1.00 bits per heavy atom. The molecule has 0 spiro atoms. The molecule has 0 saturated heterocycles. The van der Waals surface area contributed by atoms with Crippen molar-refractivity contribution in [2.75, 3.05) is 30.5 Å². The number of hydrogen-bond acceptors (Lipinski definition) is 6. The molecule has 178 valence electrons. The summed E-state index contributed by atoms with van der Waals surface area (Å²) in [6.45, 7) is -1.04. The number of nitrogens with one attached hydrogen (secondary N) is 2. The first-order valence-corrected chi connectivity index (χ1v) is 11.2. The van der Waals surface area contributed by atoms with E-state index in [1.165, 1.54) is 17.8 Å². The van der Waals surface area contributed by atoms with Crippen LogP contribution in [0.1, 0.15) is 12.0 Å². The van der Waals surface area contributed by atoms with E-state index < -0.39 is 42.2 Å². The van der Waals surface area contributed by atoms with Crippen LogP contribution >= 0.6 is 11.8 Å². The van der Waals surface area contributed by atoms with E-state index in [4.69, 9.17) is 9.47 Å². The Hall–Kier alpha value is -3.21. The van der Waals surface area contributed by atoms with Crippen LogP contribution in [0.4, 0.5) is 18.9 Å². The number of rotatable bonds is 11. The highest BCUT2D eigenvalue weighted by atomic mass is 32.2. The van der Waals surface area contributed by atoms with Gasteiger partial charge in [-0.25, -0.2) is 4.79 Å². The van der Waals surface area contributed by atoms with E-state index in [1.807, 2.05) is 6.26 Å². The van der Waals surface area contributed by atoms with Gasteiger partial charge < -0.3 is 20.1 Å². The van der Waals surface area contributed by atoms with Crippen LogP contribution in [0.2, 0.25) is 0 Å². The number of carbonyl (C=O) groups excluding carboxylic acids is 3. The Morgan fingerprint density at radius 2 is 1.73 bits per heavy atom. The van der Waals surface area contributed by atoms with Gasteiger partial charge in [-0.2, -0.15) is 24.9 Å². The van der Waals surface area contributed by atoms with Gasteiger partial charge in [0.15, 0.2) is 13.2 Å². The number of esters is 1. The number of ether oxygens (including phenoxy) is 2. The quantitative estimate of drug-likeness (QED) is 0.474. The van der Waals surface area contributed by atoms with Crippen LogP contribution in [0, 0.1) is 0 Å². The molecule has 0 heterocycles. The molecule has 33 heavy (non-hydrogen) atoms. The molecule has 2 N–H and O–H groups in total. The lowest BCUT2D eigenvalue weighted by atomic mass is 10.2. The molecule has 1 unspecified atom stereocenters. The molecule has 7 nitrogen and oxygen atoms in total. The fraction of sp³-hybridized carbons (Fsp3) is 0.318. The van der Waals surface area contributed by atoms with Crippen LogP contribution in [-0.4, -0.2) is 49.0 Å². The Balaban J connectivity index is 1.86. The fourth-order valence-corrected chi connectivity index (χ4v) is 3.07. The third-order valence-electron chi connectivity index (χ3n) is 4.16. The van der Waals surface area contributed by atoms with Gasteiger partial charge >= 0.3 is 12.1 Å². The van der Waals surface area contributed by atoms with Gasteiger partial charge in [-0.1, -0.05) is 24.3 Å². The lowest BCUT2D eigenvalue weighted by molar-refractivity contribution is -0.150. The summed E-state index contributed by atoms with van der Waals surface area (Å²) in [5, 5.41) is 4.75.